The molecule has 4 N–H and O–H groups in total. The van der Waals surface area contributed by atoms with Gasteiger partial charge in [0, 0.05) is 17.5 Å². The molecule has 2 fully saturated rings. The summed E-state index contributed by atoms with van der Waals surface area (Å²) in [5.41, 5.74) is 4.87. The Bertz CT molecular complexity index is 1890. The van der Waals surface area contributed by atoms with Gasteiger partial charge >= 0.3 is 7.12 Å². The van der Waals surface area contributed by atoms with Crippen molar-refractivity contribution in [3.05, 3.63) is 107 Å². The van der Waals surface area contributed by atoms with Crippen molar-refractivity contribution >= 4 is 52.5 Å². The molecule has 4 aromatic rings. The maximum absolute atomic E-state index is 13.9. The van der Waals surface area contributed by atoms with Gasteiger partial charge in [-0.3, -0.25) is 19.5 Å². The number of pyridine rings is 1. The molecule has 0 radical (unpaired) electrons. The highest BCUT2D eigenvalue weighted by molar-refractivity contribution is 6.58. The predicted octanol–water partition coefficient (Wildman–Crippen LogP) is 3.45. The minimum absolute atomic E-state index is 0.184. The second-order valence-electron chi connectivity index (χ2n) is 12.1. The second kappa shape index (κ2) is 12.3. The third kappa shape index (κ3) is 5.23. The molecule has 1 aliphatic carbocycles. The molecule has 2 saturated heterocycles. The maximum atomic E-state index is 13.9. The van der Waals surface area contributed by atoms with E-state index in [1.165, 1.54) is 12.1 Å². The van der Waals surface area contributed by atoms with Crippen molar-refractivity contribution in [2.45, 2.75) is 25.4 Å². The number of imide groups is 1. The number of hydrogen-bond acceptors (Lipinski definition) is 8. The zero-order valence-corrected chi connectivity index (χ0v) is 25.0. The van der Waals surface area contributed by atoms with Gasteiger partial charge in [0.15, 0.2) is 0 Å². The number of benzene rings is 3. The van der Waals surface area contributed by atoms with Crippen LogP contribution < -0.4 is 10.4 Å². The number of carbonyl (C=O) groups excluding carboxylic acids is 2. The van der Waals surface area contributed by atoms with Crippen molar-refractivity contribution in [1.82, 2.24) is 4.98 Å². The van der Waals surface area contributed by atoms with E-state index in [1.54, 1.807) is 24.4 Å². The summed E-state index contributed by atoms with van der Waals surface area (Å²) in [5.74, 6) is -2.07. The van der Waals surface area contributed by atoms with Gasteiger partial charge in [0.05, 0.1) is 42.5 Å². The fraction of sp³-hybridized carbons (Fsp3) is 0.250. The third-order valence-electron chi connectivity index (χ3n) is 9.56. The molecule has 0 unspecified atom stereocenters. The fourth-order valence-electron chi connectivity index (χ4n) is 7.43. The van der Waals surface area contributed by atoms with Gasteiger partial charge in [0.25, 0.3) is 0 Å². The summed E-state index contributed by atoms with van der Waals surface area (Å²) in [6, 6.07) is 23.2. The van der Waals surface area contributed by atoms with Gasteiger partial charge < -0.3 is 25.0 Å². The van der Waals surface area contributed by atoms with E-state index in [0.717, 1.165) is 43.6 Å². The number of phenolic OH excluding ortho intramolecular Hbond substituents is 1. The Hall–Kier alpha value is -4.61. The van der Waals surface area contributed by atoms with E-state index in [4.69, 9.17) is 4.74 Å². The number of aromatic nitrogens is 1. The molecule has 232 valence electrons. The first-order valence-electron chi connectivity index (χ1n) is 15.5. The molecule has 1 aromatic heterocycles. The summed E-state index contributed by atoms with van der Waals surface area (Å²) in [6.45, 7) is 0.0309. The van der Waals surface area contributed by atoms with Crippen LogP contribution in [-0.2, 0) is 14.3 Å². The molecule has 3 heterocycles. The summed E-state index contributed by atoms with van der Waals surface area (Å²) >= 11 is 0. The second-order valence-corrected chi connectivity index (χ2v) is 12.1. The van der Waals surface area contributed by atoms with E-state index in [1.807, 2.05) is 48.5 Å². The highest BCUT2D eigenvalue weighted by atomic mass is 16.5. The molecule has 3 aromatic carbocycles. The number of nitrogens with zero attached hydrogens (tertiary/aromatic N) is 2. The molecule has 7 rings (SSSR count). The predicted molar refractivity (Wildman–Crippen MR) is 175 cm³/mol. The minimum atomic E-state index is -1.73. The van der Waals surface area contributed by atoms with Crippen molar-refractivity contribution in [3.63, 3.8) is 0 Å². The van der Waals surface area contributed by atoms with Crippen LogP contribution in [0.15, 0.2) is 96.2 Å². The van der Waals surface area contributed by atoms with Gasteiger partial charge in [-0.25, -0.2) is 0 Å². The number of rotatable bonds is 8. The number of hydrogen-bond donors (Lipinski definition) is 4. The zero-order valence-electron chi connectivity index (χ0n) is 25.0. The summed E-state index contributed by atoms with van der Waals surface area (Å²) in [6.07, 6.45) is 4.92. The van der Waals surface area contributed by atoms with Crippen molar-refractivity contribution in [2.24, 2.45) is 17.8 Å². The highest BCUT2D eigenvalue weighted by Gasteiger charge is 2.57. The van der Waals surface area contributed by atoms with E-state index in [2.05, 4.69) is 11.1 Å². The van der Waals surface area contributed by atoms with Crippen LogP contribution in [0, 0.1) is 17.8 Å². The first-order chi connectivity index (χ1) is 22.4. The van der Waals surface area contributed by atoms with Crippen molar-refractivity contribution in [2.75, 3.05) is 18.1 Å². The number of anilines is 1. The molecule has 10 heteroatoms. The summed E-state index contributed by atoms with van der Waals surface area (Å²) in [4.78, 5) is 33.3. The SMILES string of the molecule is O=C1[C@@H]2[C@@H](CC(CO)=C3[C@@H](CC/C(=C/c4ccc(O)c5ccccc45)c4ccccn4)OC[C@@H]32)C(=O)N1c1cccc(B(O)O)c1. The Balaban J connectivity index is 1.18. The van der Waals surface area contributed by atoms with Crippen LogP contribution >= 0.6 is 0 Å². The zero-order chi connectivity index (χ0) is 31.9. The van der Waals surface area contributed by atoms with Gasteiger partial charge in [0.1, 0.15) is 5.75 Å². The Kier molecular flexibility index (Phi) is 8.04. The van der Waals surface area contributed by atoms with Crippen LogP contribution in [0.25, 0.3) is 22.4 Å². The summed E-state index contributed by atoms with van der Waals surface area (Å²) in [7, 11) is -1.73. The molecule has 0 spiro atoms. The number of carbonyl (C=O) groups is 2. The van der Waals surface area contributed by atoms with Crippen LogP contribution in [0.3, 0.4) is 0 Å². The van der Waals surface area contributed by atoms with Crippen LogP contribution in [0.5, 0.6) is 5.75 Å². The van der Waals surface area contributed by atoms with E-state index in [9.17, 15) is 29.9 Å². The summed E-state index contributed by atoms with van der Waals surface area (Å²) < 4.78 is 6.34. The Labute approximate surface area is 266 Å². The number of phenols is 1. The van der Waals surface area contributed by atoms with Crippen LogP contribution in [0.4, 0.5) is 5.69 Å². The lowest BCUT2D eigenvalue weighted by molar-refractivity contribution is -0.122. The number of aromatic hydroxyl groups is 1. The quantitative estimate of drug-likeness (QED) is 0.134. The van der Waals surface area contributed by atoms with Gasteiger partial charge in [0.2, 0.25) is 11.8 Å². The smallest absolute Gasteiger partial charge is 0.488 e. The molecule has 46 heavy (non-hydrogen) atoms. The van der Waals surface area contributed by atoms with Crippen LogP contribution in [-0.4, -0.2) is 63.5 Å². The topological polar surface area (TPSA) is 140 Å². The molecule has 2 amide bonds. The Morgan fingerprint density at radius 1 is 0.957 bits per heavy atom. The summed E-state index contributed by atoms with van der Waals surface area (Å²) in [5, 5.41) is 41.9. The number of aliphatic hydroxyl groups excluding tert-OH is 1. The Morgan fingerprint density at radius 2 is 1.76 bits per heavy atom. The van der Waals surface area contributed by atoms with Crippen molar-refractivity contribution in [1.29, 1.82) is 0 Å². The van der Waals surface area contributed by atoms with E-state index in [0.29, 0.717) is 18.5 Å². The molecule has 9 nitrogen and oxygen atoms in total. The third-order valence-corrected chi connectivity index (χ3v) is 9.56. The Morgan fingerprint density at radius 3 is 2.52 bits per heavy atom. The van der Waals surface area contributed by atoms with Crippen LogP contribution in [0.1, 0.15) is 30.5 Å². The van der Waals surface area contributed by atoms with Gasteiger partial charge in [-0.2, -0.15) is 0 Å². The molecule has 4 atom stereocenters. The van der Waals surface area contributed by atoms with E-state index < -0.39 is 19.0 Å². The number of ether oxygens (including phenoxy) is 1. The maximum Gasteiger partial charge on any atom is 0.488 e. The standard InChI is InChI=1S/C36H33BN2O7/c40-19-23-17-28-34(36(43)39(35(28)42)25-7-5-6-24(18-25)37(44)45)29-20-46-32(33(23)29)14-12-22(30-10-3-4-15-38-30)16-21-11-13-31(41)27-9-2-1-8-26(21)27/h1-11,13,15-16,18,28-29,32,34,40-41,44-45H,12,14,17,19-20H2/b22-16-/t28-,29+,32-,34-/m1/s1. The largest absolute Gasteiger partial charge is 0.507 e. The highest BCUT2D eigenvalue weighted by Crippen LogP contribution is 2.50. The number of amides is 2. The average Bonchev–Trinajstić information content (AvgIpc) is 3.61. The molecule has 0 bridgehead atoms. The lowest BCUT2D eigenvalue weighted by Crippen LogP contribution is -2.35. The fourth-order valence-corrected chi connectivity index (χ4v) is 7.43. The van der Waals surface area contributed by atoms with Crippen LogP contribution in [0.2, 0.25) is 0 Å². The molecule has 3 aliphatic rings. The normalized spacial score (nSPS) is 22.8. The van der Waals surface area contributed by atoms with Crippen molar-refractivity contribution in [3.8, 4) is 5.75 Å². The first-order valence-corrected chi connectivity index (χ1v) is 15.5. The monoisotopic (exact) mass is 616 g/mol. The van der Waals surface area contributed by atoms with Gasteiger partial charge in [-0.1, -0.05) is 48.5 Å². The molecule has 0 saturated carbocycles. The van der Waals surface area contributed by atoms with Gasteiger partial charge in [-0.15, -0.1) is 0 Å². The number of fused-ring (bicyclic) bond motifs is 4. The van der Waals surface area contributed by atoms with Gasteiger partial charge in [-0.05, 0) is 88.8 Å². The van der Waals surface area contributed by atoms with E-state index in [-0.39, 0.29) is 54.7 Å². The lowest BCUT2D eigenvalue weighted by atomic mass is 9.69. The van der Waals surface area contributed by atoms with Crippen molar-refractivity contribution < 1.29 is 34.6 Å². The minimum Gasteiger partial charge on any atom is -0.507 e. The molecule has 2 aliphatic heterocycles. The molecular formula is C36H33BN2O7. The molecular weight excluding hydrogens is 583 g/mol. The average molecular weight is 616 g/mol. The lowest BCUT2D eigenvalue weighted by Gasteiger charge is -2.31. The number of allylic oxidation sites excluding steroid dienone is 1. The first kappa shape index (κ1) is 30.1. The van der Waals surface area contributed by atoms with E-state index >= 15 is 0 Å². The number of aliphatic hydroxyl groups is 1.